The molecule has 19 heavy (non-hydrogen) atoms. The molecule has 0 amide bonds. The average molecular weight is 254 g/mol. The molecule has 2 aromatic rings. The fourth-order valence-corrected chi connectivity index (χ4v) is 2.32. The summed E-state index contributed by atoms with van der Waals surface area (Å²) in [4.78, 5) is 0. The van der Waals surface area contributed by atoms with Crippen molar-refractivity contribution in [2.45, 2.75) is 33.1 Å². The number of benzene rings is 2. The zero-order valence-electron chi connectivity index (χ0n) is 11.8. The van der Waals surface area contributed by atoms with Gasteiger partial charge >= 0.3 is 0 Å². The summed E-state index contributed by atoms with van der Waals surface area (Å²) >= 11 is 0. The molecule has 1 atom stereocenters. The van der Waals surface area contributed by atoms with Crippen LogP contribution in [0.4, 0.5) is 0 Å². The molecule has 0 aliphatic carbocycles. The van der Waals surface area contributed by atoms with Gasteiger partial charge in [-0.15, -0.1) is 0 Å². The van der Waals surface area contributed by atoms with Gasteiger partial charge in [-0.05, 0) is 42.2 Å². The monoisotopic (exact) mass is 254 g/mol. The normalized spacial score (nSPS) is 12.1. The minimum atomic E-state index is 0.755. The molecule has 0 radical (unpaired) electrons. The van der Waals surface area contributed by atoms with Gasteiger partial charge in [-0.25, -0.2) is 0 Å². The second-order valence-electron chi connectivity index (χ2n) is 5.16. The first-order valence-corrected chi connectivity index (χ1v) is 7.09. The average Bonchev–Trinajstić information content (AvgIpc) is 2.42. The molecule has 0 aliphatic heterocycles. The van der Waals surface area contributed by atoms with E-state index in [2.05, 4.69) is 38.1 Å². The third-order valence-corrected chi connectivity index (χ3v) is 3.27. The minimum absolute atomic E-state index is 0.755. The van der Waals surface area contributed by atoms with Gasteiger partial charge < -0.3 is 4.74 Å². The van der Waals surface area contributed by atoms with Crippen LogP contribution in [0.5, 0.6) is 11.5 Å². The molecular formula is C18H22O. The molecule has 0 bridgehead atoms. The van der Waals surface area contributed by atoms with Crippen LogP contribution in [0.2, 0.25) is 0 Å². The Hall–Kier alpha value is -1.76. The summed E-state index contributed by atoms with van der Waals surface area (Å²) in [5.74, 6) is 2.54. The highest BCUT2D eigenvalue weighted by Gasteiger charge is 2.03. The van der Waals surface area contributed by atoms with E-state index in [9.17, 15) is 0 Å². The summed E-state index contributed by atoms with van der Waals surface area (Å²) in [6, 6.07) is 18.3. The molecule has 0 heterocycles. The highest BCUT2D eigenvalue weighted by Crippen LogP contribution is 2.22. The van der Waals surface area contributed by atoms with Crippen LogP contribution in [0.1, 0.15) is 32.3 Å². The predicted octanol–water partition coefficient (Wildman–Crippen LogP) is 5.46. The molecule has 1 unspecified atom stereocenters. The molecule has 0 saturated heterocycles. The van der Waals surface area contributed by atoms with E-state index in [1.54, 1.807) is 0 Å². The number of para-hydroxylation sites is 1. The first-order chi connectivity index (χ1) is 9.28. The van der Waals surface area contributed by atoms with E-state index in [1.165, 1.54) is 18.4 Å². The van der Waals surface area contributed by atoms with Gasteiger partial charge in [-0.2, -0.15) is 0 Å². The summed E-state index contributed by atoms with van der Waals surface area (Å²) in [5, 5.41) is 0. The summed E-state index contributed by atoms with van der Waals surface area (Å²) in [7, 11) is 0. The molecule has 1 heteroatoms. The molecule has 1 nitrogen and oxygen atoms in total. The van der Waals surface area contributed by atoms with E-state index in [4.69, 9.17) is 4.74 Å². The minimum Gasteiger partial charge on any atom is -0.457 e. The fourth-order valence-electron chi connectivity index (χ4n) is 2.32. The molecule has 0 saturated carbocycles. The molecule has 0 N–H and O–H groups in total. The van der Waals surface area contributed by atoms with E-state index in [0.717, 1.165) is 23.8 Å². The van der Waals surface area contributed by atoms with E-state index < -0.39 is 0 Å². The van der Waals surface area contributed by atoms with Crippen LogP contribution in [0.25, 0.3) is 0 Å². The third-order valence-electron chi connectivity index (χ3n) is 3.27. The van der Waals surface area contributed by atoms with Crippen molar-refractivity contribution >= 4 is 0 Å². The van der Waals surface area contributed by atoms with E-state index >= 15 is 0 Å². The van der Waals surface area contributed by atoms with Crippen molar-refractivity contribution in [1.82, 2.24) is 0 Å². The molecule has 0 aliphatic rings. The molecule has 100 valence electrons. The topological polar surface area (TPSA) is 9.23 Å². The van der Waals surface area contributed by atoms with E-state index in [0.29, 0.717) is 0 Å². The molecule has 0 fully saturated rings. The maximum absolute atomic E-state index is 5.79. The standard InChI is InChI=1S/C18H22O/c1-3-7-15(2)14-16-10-12-18(13-11-16)19-17-8-5-4-6-9-17/h4-6,8-13,15H,3,7,14H2,1-2H3. The van der Waals surface area contributed by atoms with Gasteiger partial charge in [0.15, 0.2) is 0 Å². The predicted molar refractivity (Wildman–Crippen MR) is 80.7 cm³/mol. The van der Waals surface area contributed by atoms with Gasteiger partial charge in [-0.3, -0.25) is 0 Å². The van der Waals surface area contributed by atoms with Crippen LogP contribution in [-0.4, -0.2) is 0 Å². The summed E-state index contributed by atoms with van der Waals surface area (Å²) in [6.07, 6.45) is 3.71. The highest BCUT2D eigenvalue weighted by molar-refractivity contribution is 5.33. The molecule has 2 aromatic carbocycles. The van der Waals surface area contributed by atoms with Crippen molar-refractivity contribution in [2.24, 2.45) is 5.92 Å². The Balaban J connectivity index is 1.95. The number of hydrogen-bond acceptors (Lipinski definition) is 1. The second-order valence-corrected chi connectivity index (χ2v) is 5.16. The maximum Gasteiger partial charge on any atom is 0.127 e. The SMILES string of the molecule is CCCC(C)Cc1ccc(Oc2ccccc2)cc1. The van der Waals surface area contributed by atoms with Gasteiger partial charge in [0.05, 0.1) is 0 Å². The van der Waals surface area contributed by atoms with Gasteiger partial charge in [0.2, 0.25) is 0 Å². The molecule has 2 rings (SSSR count). The van der Waals surface area contributed by atoms with Crippen molar-refractivity contribution in [3.05, 3.63) is 60.2 Å². The van der Waals surface area contributed by atoms with Gasteiger partial charge in [0, 0.05) is 0 Å². The number of hydrogen-bond donors (Lipinski definition) is 0. The Labute approximate surface area is 116 Å². The smallest absolute Gasteiger partial charge is 0.127 e. The number of rotatable bonds is 6. The van der Waals surface area contributed by atoms with Crippen molar-refractivity contribution < 1.29 is 4.74 Å². The van der Waals surface area contributed by atoms with Gasteiger partial charge in [0.1, 0.15) is 11.5 Å². The Morgan fingerprint density at radius 1 is 0.895 bits per heavy atom. The molecule has 0 spiro atoms. The first kappa shape index (κ1) is 13.7. The quantitative estimate of drug-likeness (QED) is 0.665. The lowest BCUT2D eigenvalue weighted by molar-refractivity contribution is 0.481. The van der Waals surface area contributed by atoms with Crippen molar-refractivity contribution in [2.75, 3.05) is 0 Å². The van der Waals surface area contributed by atoms with Crippen LogP contribution in [0.3, 0.4) is 0 Å². The van der Waals surface area contributed by atoms with Crippen LogP contribution in [-0.2, 0) is 6.42 Å². The first-order valence-electron chi connectivity index (χ1n) is 7.09. The van der Waals surface area contributed by atoms with Crippen LogP contribution in [0.15, 0.2) is 54.6 Å². The van der Waals surface area contributed by atoms with Crippen molar-refractivity contribution in [3.63, 3.8) is 0 Å². The van der Waals surface area contributed by atoms with Crippen molar-refractivity contribution in [3.8, 4) is 11.5 Å². The highest BCUT2D eigenvalue weighted by atomic mass is 16.5. The lowest BCUT2D eigenvalue weighted by Gasteiger charge is -2.11. The third kappa shape index (κ3) is 4.44. The van der Waals surface area contributed by atoms with Crippen molar-refractivity contribution in [1.29, 1.82) is 0 Å². The molecular weight excluding hydrogens is 232 g/mol. The van der Waals surface area contributed by atoms with Gasteiger partial charge in [-0.1, -0.05) is 57.0 Å². The van der Waals surface area contributed by atoms with Crippen LogP contribution >= 0.6 is 0 Å². The van der Waals surface area contributed by atoms with E-state index in [-0.39, 0.29) is 0 Å². The summed E-state index contributed by atoms with van der Waals surface area (Å²) in [6.45, 7) is 4.56. The van der Waals surface area contributed by atoms with Gasteiger partial charge in [0.25, 0.3) is 0 Å². The summed E-state index contributed by atoms with van der Waals surface area (Å²) < 4.78 is 5.79. The lowest BCUT2D eigenvalue weighted by Crippen LogP contribution is -1.98. The fraction of sp³-hybridized carbons (Fsp3) is 0.333. The second kappa shape index (κ2) is 6.98. The lowest BCUT2D eigenvalue weighted by atomic mass is 9.97. The Morgan fingerprint density at radius 2 is 1.53 bits per heavy atom. The Kier molecular flexibility index (Phi) is 5.02. The van der Waals surface area contributed by atoms with E-state index in [1.807, 2.05) is 30.3 Å². The number of ether oxygens (including phenoxy) is 1. The maximum atomic E-state index is 5.79. The zero-order chi connectivity index (χ0) is 13.5. The van der Waals surface area contributed by atoms with Crippen LogP contribution < -0.4 is 4.74 Å². The summed E-state index contributed by atoms with van der Waals surface area (Å²) in [5.41, 5.74) is 1.39. The Bertz CT molecular complexity index is 473. The molecule has 0 aromatic heterocycles. The largest absolute Gasteiger partial charge is 0.457 e. The van der Waals surface area contributed by atoms with Crippen LogP contribution in [0, 0.1) is 5.92 Å². The Morgan fingerprint density at radius 3 is 2.16 bits per heavy atom. The zero-order valence-corrected chi connectivity index (χ0v) is 11.8.